The molecule has 0 aliphatic heterocycles. The maximum atomic E-state index is 12.6. The average Bonchev–Trinajstić information content (AvgIpc) is 2.60. The van der Waals surface area contributed by atoms with Crippen LogP contribution in [0.25, 0.3) is 0 Å². The molecular formula is C16H19N3O4S. The van der Waals surface area contributed by atoms with Crippen LogP contribution in [0.15, 0.2) is 59.5 Å². The molecule has 0 aliphatic carbocycles. The SMILES string of the molecule is CN(Cc1ccccc1)S(=O)(=O)c1ccc(OCC(=O)NN)cc1. The van der Waals surface area contributed by atoms with Gasteiger partial charge in [0.2, 0.25) is 10.0 Å². The first-order valence-corrected chi connectivity index (χ1v) is 8.60. The van der Waals surface area contributed by atoms with Gasteiger partial charge in [0.1, 0.15) is 5.75 Å². The van der Waals surface area contributed by atoms with E-state index in [0.717, 1.165) is 5.56 Å². The molecule has 0 radical (unpaired) electrons. The number of rotatable bonds is 7. The van der Waals surface area contributed by atoms with E-state index < -0.39 is 15.9 Å². The third-order valence-electron chi connectivity index (χ3n) is 3.31. The molecule has 0 spiro atoms. The monoisotopic (exact) mass is 349 g/mol. The lowest BCUT2D eigenvalue weighted by Gasteiger charge is -2.17. The number of nitrogens with zero attached hydrogens (tertiary/aromatic N) is 1. The zero-order valence-corrected chi connectivity index (χ0v) is 14.0. The number of nitrogens with one attached hydrogen (secondary N) is 1. The largest absolute Gasteiger partial charge is 0.484 e. The summed E-state index contributed by atoms with van der Waals surface area (Å²) < 4.78 is 31.6. The molecule has 0 heterocycles. The molecule has 0 atom stereocenters. The van der Waals surface area contributed by atoms with Gasteiger partial charge >= 0.3 is 0 Å². The number of hydrogen-bond donors (Lipinski definition) is 2. The summed E-state index contributed by atoms with van der Waals surface area (Å²) >= 11 is 0. The molecule has 0 bridgehead atoms. The Hall–Kier alpha value is -2.42. The molecule has 2 aromatic carbocycles. The smallest absolute Gasteiger partial charge is 0.271 e. The molecule has 0 saturated carbocycles. The molecule has 128 valence electrons. The molecule has 1 amide bonds. The second-order valence-corrected chi connectivity index (χ2v) is 7.12. The van der Waals surface area contributed by atoms with Crippen molar-refractivity contribution in [3.63, 3.8) is 0 Å². The van der Waals surface area contributed by atoms with Gasteiger partial charge in [0.25, 0.3) is 5.91 Å². The van der Waals surface area contributed by atoms with Crippen molar-refractivity contribution in [1.82, 2.24) is 9.73 Å². The molecular weight excluding hydrogens is 330 g/mol. The topological polar surface area (TPSA) is 102 Å². The lowest BCUT2D eigenvalue weighted by atomic mass is 10.2. The van der Waals surface area contributed by atoms with Gasteiger partial charge in [0.05, 0.1) is 4.90 Å². The van der Waals surface area contributed by atoms with Gasteiger partial charge in [-0.05, 0) is 29.8 Å². The molecule has 2 rings (SSSR count). The van der Waals surface area contributed by atoms with E-state index in [0.29, 0.717) is 5.75 Å². The first-order chi connectivity index (χ1) is 11.4. The van der Waals surface area contributed by atoms with Crippen molar-refractivity contribution < 1.29 is 17.9 Å². The van der Waals surface area contributed by atoms with E-state index >= 15 is 0 Å². The number of hydrogen-bond acceptors (Lipinski definition) is 5. The van der Waals surface area contributed by atoms with Crippen LogP contribution in [0.4, 0.5) is 0 Å². The van der Waals surface area contributed by atoms with Crippen molar-refractivity contribution in [1.29, 1.82) is 0 Å². The van der Waals surface area contributed by atoms with E-state index in [-0.39, 0.29) is 18.0 Å². The predicted molar refractivity (Wildman–Crippen MR) is 89.4 cm³/mol. The minimum Gasteiger partial charge on any atom is -0.484 e. The first kappa shape index (κ1) is 17.9. The van der Waals surface area contributed by atoms with E-state index in [1.165, 1.54) is 35.6 Å². The van der Waals surface area contributed by atoms with Crippen LogP contribution < -0.4 is 16.0 Å². The highest BCUT2D eigenvalue weighted by Crippen LogP contribution is 2.20. The molecule has 0 unspecified atom stereocenters. The van der Waals surface area contributed by atoms with Gasteiger partial charge in [0.15, 0.2) is 6.61 Å². The van der Waals surface area contributed by atoms with Gasteiger partial charge < -0.3 is 4.74 Å². The molecule has 7 nitrogen and oxygen atoms in total. The second kappa shape index (κ2) is 7.91. The summed E-state index contributed by atoms with van der Waals surface area (Å²) in [6.07, 6.45) is 0. The fourth-order valence-corrected chi connectivity index (χ4v) is 3.16. The summed E-state index contributed by atoms with van der Waals surface area (Å²) in [7, 11) is -2.09. The maximum absolute atomic E-state index is 12.6. The van der Waals surface area contributed by atoms with Crippen molar-refractivity contribution in [3.8, 4) is 5.75 Å². The summed E-state index contributed by atoms with van der Waals surface area (Å²) in [6.45, 7) is 0.0363. The number of ether oxygens (including phenoxy) is 1. The van der Waals surface area contributed by atoms with Gasteiger partial charge in [0, 0.05) is 13.6 Å². The Morgan fingerprint density at radius 1 is 1.12 bits per heavy atom. The van der Waals surface area contributed by atoms with Crippen molar-refractivity contribution in [2.24, 2.45) is 5.84 Å². The summed E-state index contributed by atoms with van der Waals surface area (Å²) in [5.74, 6) is 4.85. The molecule has 0 aromatic heterocycles. The maximum Gasteiger partial charge on any atom is 0.271 e. The number of benzene rings is 2. The zero-order valence-electron chi connectivity index (χ0n) is 13.2. The fraction of sp³-hybridized carbons (Fsp3) is 0.188. The number of carbonyl (C=O) groups excluding carboxylic acids is 1. The van der Waals surface area contributed by atoms with E-state index in [1.807, 2.05) is 35.8 Å². The van der Waals surface area contributed by atoms with E-state index in [4.69, 9.17) is 10.6 Å². The summed E-state index contributed by atoms with van der Waals surface area (Å²) in [6, 6.07) is 15.2. The highest BCUT2D eigenvalue weighted by molar-refractivity contribution is 7.89. The molecule has 2 aromatic rings. The fourth-order valence-electron chi connectivity index (χ4n) is 2.00. The Kier molecular flexibility index (Phi) is 5.91. The van der Waals surface area contributed by atoms with Crippen LogP contribution in [-0.2, 0) is 21.4 Å². The highest BCUT2D eigenvalue weighted by atomic mass is 32.2. The molecule has 0 saturated heterocycles. The molecule has 0 fully saturated rings. The minimum atomic E-state index is -3.61. The number of carbonyl (C=O) groups is 1. The van der Waals surface area contributed by atoms with Crippen molar-refractivity contribution in [2.45, 2.75) is 11.4 Å². The lowest BCUT2D eigenvalue weighted by Crippen LogP contribution is -2.34. The zero-order chi connectivity index (χ0) is 17.6. The number of sulfonamides is 1. The van der Waals surface area contributed by atoms with Gasteiger partial charge in [-0.1, -0.05) is 30.3 Å². The summed E-state index contributed by atoms with van der Waals surface area (Å²) in [5.41, 5.74) is 2.84. The van der Waals surface area contributed by atoms with Gasteiger partial charge in [-0.2, -0.15) is 4.31 Å². The predicted octanol–water partition coefficient (Wildman–Crippen LogP) is 0.876. The van der Waals surface area contributed by atoms with Crippen LogP contribution in [0, 0.1) is 0 Å². The van der Waals surface area contributed by atoms with Gasteiger partial charge in [-0.15, -0.1) is 0 Å². The Morgan fingerprint density at radius 2 is 1.75 bits per heavy atom. The Morgan fingerprint density at radius 3 is 2.33 bits per heavy atom. The van der Waals surface area contributed by atoms with Crippen LogP contribution in [0.3, 0.4) is 0 Å². The lowest BCUT2D eigenvalue weighted by molar-refractivity contribution is -0.123. The van der Waals surface area contributed by atoms with Gasteiger partial charge in [-0.25, -0.2) is 14.3 Å². The Balaban J connectivity index is 2.07. The quantitative estimate of drug-likeness (QED) is 0.439. The molecule has 24 heavy (non-hydrogen) atoms. The van der Waals surface area contributed by atoms with E-state index in [1.54, 1.807) is 0 Å². The number of nitrogens with two attached hydrogens (primary N) is 1. The van der Waals surface area contributed by atoms with E-state index in [9.17, 15) is 13.2 Å². The number of hydrazine groups is 1. The van der Waals surface area contributed by atoms with Crippen LogP contribution >= 0.6 is 0 Å². The Bertz CT molecular complexity index is 777. The summed E-state index contributed by atoms with van der Waals surface area (Å²) in [4.78, 5) is 11.2. The molecule has 3 N–H and O–H groups in total. The normalized spacial score (nSPS) is 11.3. The van der Waals surface area contributed by atoms with Crippen molar-refractivity contribution in [2.75, 3.05) is 13.7 Å². The van der Waals surface area contributed by atoms with Crippen LogP contribution in [0.1, 0.15) is 5.56 Å². The third-order valence-corrected chi connectivity index (χ3v) is 5.13. The van der Waals surface area contributed by atoms with E-state index in [2.05, 4.69) is 0 Å². The standard InChI is InChI=1S/C16H19N3O4S/c1-19(11-13-5-3-2-4-6-13)24(21,22)15-9-7-14(8-10-15)23-12-16(20)18-17/h2-10H,11-12,17H2,1H3,(H,18,20). The average molecular weight is 349 g/mol. The molecule has 8 heteroatoms. The first-order valence-electron chi connectivity index (χ1n) is 7.16. The van der Waals surface area contributed by atoms with Crippen LogP contribution in [-0.4, -0.2) is 32.3 Å². The summed E-state index contributed by atoms with van der Waals surface area (Å²) in [5, 5.41) is 0. The van der Waals surface area contributed by atoms with Crippen LogP contribution in [0.2, 0.25) is 0 Å². The highest BCUT2D eigenvalue weighted by Gasteiger charge is 2.20. The third kappa shape index (κ3) is 4.54. The van der Waals surface area contributed by atoms with Gasteiger partial charge in [-0.3, -0.25) is 10.2 Å². The van der Waals surface area contributed by atoms with Crippen LogP contribution in [0.5, 0.6) is 5.75 Å². The second-order valence-electron chi connectivity index (χ2n) is 5.07. The van der Waals surface area contributed by atoms with Crippen molar-refractivity contribution in [3.05, 3.63) is 60.2 Å². The number of amides is 1. The van der Waals surface area contributed by atoms with Crippen molar-refractivity contribution >= 4 is 15.9 Å². The molecule has 0 aliphatic rings. The Labute approximate surface area is 141 Å². The minimum absolute atomic E-state index is 0.150.